The highest BCUT2D eigenvalue weighted by Gasteiger charge is 2.17. The van der Waals surface area contributed by atoms with Crippen LogP contribution in [-0.4, -0.2) is 16.8 Å². The van der Waals surface area contributed by atoms with Crippen molar-refractivity contribution in [2.24, 2.45) is 5.92 Å². The fourth-order valence-corrected chi connectivity index (χ4v) is 2.15. The molecule has 0 saturated carbocycles. The molecule has 0 aliphatic carbocycles. The second-order valence-corrected chi connectivity index (χ2v) is 4.82. The molecule has 3 heteroatoms. The van der Waals surface area contributed by atoms with E-state index in [2.05, 4.69) is 48.9 Å². The number of aromatic nitrogens is 2. The van der Waals surface area contributed by atoms with Crippen molar-refractivity contribution in [1.29, 1.82) is 0 Å². The van der Waals surface area contributed by atoms with Gasteiger partial charge in [0.2, 0.25) is 0 Å². The summed E-state index contributed by atoms with van der Waals surface area (Å²) in [5.74, 6) is 0.748. The highest BCUT2D eigenvalue weighted by Crippen LogP contribution is 2.23. The van der Waals surface area contributed by atoms with Gasteiger partial charge in [0, 0.05) is 12.6 Å². The van der Waals surface area contributed by atoms with E-state index in [4.69, 9.17) is 0 Å². The van der Waals surface area contributed by atoms with Gasteiger partial charge in [-0.25, -0.2) is 0 Å². The third kappa shape index (κ3) is 3.56. The number of aryl methyl sites for hydroxylation is 2. The van der Waals surface area contributed by atoms with E-state index in [0.717, 1.165) is 18.9 Å². The van der Waals surface area contributed by atoms with Crippen LogP contribution in [0, 0.1) is 5.92 Å². The Kier molecular flexibility index (Phi) is 5.69. The fraction of sp³-hybridized carbons (Fsp3) is 0.786. The van der Waals surface area contributed by atoms with Crippen LogP contribution in [0.3, 0.4) is 0 Å². The van der Waals surface area contributed by atoms with Crippen LogP contribution in [0.2, 0.25) is 0 Å². The first-order chi connectivity index (χ1) is 8.15. The molecule has 1 rings (SSSR count). The van der Waals surface area contributed by atoms with Crippen molar-refractivity contribution >= 4 is 0 Å². The van der Waals surface area contributed by atoms with Crippen molar-refractivity contribution < 1.29 is 0 Å². The SMILES string of the molecule is CCc1cc(C(CC(C)CC)NC)n(CC)n1. The molecule has 0 aliphatic rings. The van der Waals surface area contributed by atoms with Crippen LogP contribution in [0.5, 0.6) is 0 Å². The highest BCUT2D eigenvalue weighted by atomic mass is 15.3. The summed E-state index contributed by atoms with van der Waals surface area (Å²) in [5, 5.41) is 8.06. The van der Waals surface area contributed by atoms with Gasteiger partial charge in [0.25, 0.3) is 0 Å². The topological polar surface area (TPSA) is 29.9 Å². The van der Waals surface area contributed by atoms with Gasteiger partial charge in [-0.3, -0.25) is 4.68 Å². The highest BCUT2D eigenvalue weighted by molar-refractivity contribution is 5.14. The van der Waals surface area contributed by atoms with E-state index >= 15 is 0 Å². The smallest absolute Gasteiger partial charge is 0.0625 e. The Morgan fingerprint density at radius 1 is 1.35 bits per heavy atom. The van der Waals surface area contributed by atoms with Crippen molar-refractivity contribution in [3.63, 3.8) is 0 Å². The zero-order valence-electron chi connectivity index (χ0n) is 12.0. The summed E-state index contributed by atoms with van der Waals surface area (Å²) in [5.41, 5.74) is 2.54. The maximum atomic E-state index is 4.63. The summed E-state index contributed by atoms with van der Waals surface area (Å²) >= 11 is 0. The molecule has 0 aliphatic heterocycles. The molecule has 17 heavy (non-hydrogen) atoms. The summed E-state index contributed by atoms with van der Waals surface area (Å²) in [6.07, 6.45) is 3.43. The Bertz CT molecular complexity index is 330. The number of nitrogens with one attached hydrogen (secondary N) is 1. The third-order valence-electron chi connectivity index (χ3n) is 3.56. The predicted molar refractivity (Wildman–Crippen MR) is 73.2 cm³/mol. The average Bonchev–Trinajstić information content (AvgIpc) is 2.78. The normalized spacial score (nSPS) is 14.9. The quantitative estimate of drug-likeness (QED) is 0.789. The van der Waals surface area contributed by atoms with Crippen LogP contribution in [0.4, 0.5) is 0 Å². The summed E-state index contributed by atoms with van der Waals surface area (Å²) in [6.45, 7) is 9.85. The van der Waals surface area contributed by atoms with Crippen LogP contribution in [0.1, 0.15) is 58.0 Å². The van der Waals surface area contributed by atoms with Gasteiger partial charge >= 0.3 is 0 Å². The first kappa shape index (κ1) is 14.2. The molecule has 3 nitrogen and oxygen atoms in total. The van der Waals surface area contributed by atoms with Gasteiger partial charge in [-0.2, -0.15) is 5.10 Å². The lowest BCUT2D eigenvalue weighted by Gasteiger charge is -2.20. The van der Waals surface area contributed by atoms with Crippen LogP contribution < -0.4 is 5.32 Å². The minimum absolute atomic E-state index is 0.428. The van der Waals surface area contributed by atoms with Gasteiger partial charge in [0.1, 0.15) is 0 Å². The zero-order chi connectivity index (χ0) is 12.8. The van der Waals surface area contributed by atoms with E-state index in [-0.39, 0.29) is 0 Å². The largest absolute Gasteiger partial charge is 0.312 e. The maximum absolute atomic E-state index is 4.63. The number of hydrogen-bond donors (Lipinski definition) is 1. The monoisotopic (exact) mass is 237 g/mol. The van der Waals surface area contributed by atoms with E-state index in [9.17, 15) is 0 Å². The molecule has 0 aromatic carbocycles. The van der Waals surface area contributed by atoms with Crippen molar-refractivity contribution in [2.45, 2.75) is 59.5 Å². The molecular formula is C14H27N3. The summed E-state index contributed by atoms with van der Waals surface area (Å²) in [7, 11) is 2.05. The van der Waals surface area contributed by atoms with E-state index < -0.39 is 0 Å². The zero-order valence-corrected chi connectivity index (χ0v) is 12.0. The molecular weight excluding hydrogens is 210 g/mol. The molecule has 2 atom stereocenters. The van der Waals surface area contributed by atoms with Gasteiger partial charge in [0.05, 0.1) is 11.4 Å². The van der Waals surface area contributed by atoms with Gasteiger partial charge in [0.15, 0.2) is 0 Å². The molecule has 98 valence electrons. The Hall–Kier alpha value is -0.830. The minimum Gasteiger partial charge on any atom is -0.312 e. The summed E-state index contributed by atoms with van der Waals surface area (Å²) in [6, 6.07) is 2.69. The maximum Gasteiger partial charge on any atom is 0.0625 e. The molecule has 1 aromatic heterocycles. The molecule has 1 heterocycles. The van der Waals surface area contributed by atoms with Gasteiger partial charge in [-0.15, -0.1) is 0 Å². The van der Waals surface area contributed by atoms with Crippen molar-refractivity contribution in [3.05, 3.63) is 17.5 Å². The van der Waals surface area contributed by atoms with Crippen LogP contribution in [0.25, 0.3) is 0 Å². The molecule has 1 N–H and O–H groups in total. The van der Waals surface area contributed by atoms with Crippen molar-refractivity contribution in [3.8, 4) is 0 Å². The average molecular weight is 237 g/mol. The molecule has 0 fully saturated rings. The van der Waals surface area contributed by atoms with Crippen LogP contribution in [0.15, 0.2) is 6.07 Å². The third-order valence-corrected chi connectivity index (χ3v) is 3.56. The Labute approximate surface area is 106 Å². The van der Waals surface area contributed by atoms with E-state index in [1.54, 1.807) is 0 Å². The van der Waals surface area contributed by atoms with E-state index in [1.807, 2.05) is 7.05 Å². The molecule has 0 radical (unpaired) electrons. The number of nitrogens with zero attached hydrogens (tertiary/aromatic N) is 2. The Morgan fingerprint density at radius 2 is 2.06 bits per heavy atom. The van der Waals surface area contributed by atoms with Gasteiger partial charge in [-0.05, 0) is 38.8 Å². The van der Waals surface area contributed by atoms with Crippen molar-refractivity contribution in [1.82, 2.24) is 15.1 Å². The second-order valence-electron chi connectivity index (χ2n) is 4.82. The second kappa shape index (κ2) is 6.80. The lowest BCUT2D eigenvalue weighted by atomic mass is 9.97. The molecule has 0 spiro atoms. The molecule has 1 aromatic rings. The predicted octanol–water partition coefficient (Wildman–Crippen LogP) is 3.16. The van der Waals surface area contributed by atoms with E-state index in [0.29, 0.717) is 6.04 Å². The van der Waals surface area contributed by atoms with Gasteiger partial charge in [-0.1, -0.05) is 27.2 Å². The van der Waals surface area contributed by atoms with Crippen LogP contribution >= 0.6 is 0 Å². The fourth-order valence-electron chi connectivity index (χ4n) is 2.15. The lowest BCUT2D eigenvalue weighted by molar-refractivity contribution is 0.400. The summed E-state index contributed by atoms with van der Waals surface area (Å²) in [4.78, 5) is 0. The first-order valence-corrected chi connectivity index (χ1v) is 6.90. The van der Waals surface area contributed by atoms with Crippen LogP contribution in [-0.2, 0) is 13.0 Å². The molecule has 0 bridgehead atoms. The number of rotatable bonds is 7. The summed E-state index contributed by atoms with van der Waals surface area (Å²) < 4.78 is 2.14. The van der Waals surface area contributed by atoms with E-state index in [1.165, 1.54) is 24.2 Å². The Balaban J connectivity index is 2.89. The van der Waals surface area contributed by atoms with Gasteiger partial charge < -0.3 is 5.32 Å². The molecule has 0 amide bonds. The van der Waals surface area contributed by atoms with Crippen molar-refractivity contribution in [2.75, 3.05) is 7.05 Å². The standard InChI is InChI=1S/C14H27N3/c1-6-11(4)9-13(15-5)14-10-12(7-2)16-17(14)8-3/h10-11,13,15H,6-9H2,1-5H3. The minimum atomic E-state index is 0.428. The lowest BCUT2D eigenvalue weighted by Crippen LogP contribution is -2.22. The number of hydrogen-bond acceptors (Lipinski definition) is 2. The first-order valence-electron chi connectivity index (χ1n) is 6.90. The Morgan fingerprint density at radius 3 is 2.53 bits per heavy atom. The molecule has 2 unspecified atom stereocenters. The molecule has 0 saturated heterocycles.